The molecule has 0 saturated carbocycles. The second-order valence-corrected chi connectivity index (χ2v) is 6.50. The van der Waals surface area contributed by atoms with Crippen molar-refractivity contribution in [3.8, 4) is 5.75 Å². The molecule has 1 aromatic rings. The van der Waals surface area contributed by atoms with E-state index in [9.17, 15) is 9.59 Å². The Kier molecular flexibility index (Phi) is 5.06. The van der Waals surface area contributed by atoms with Crippen LogP contribution in [0.4, 0.5) is 4.79 Å². The van der Waals surface area contributed by atoms with Crippen molar-refractivity contribution in [1.82, 2.24) is 4.90 Å². The lowest BCUT2D eigenvalue weighted by atomic mass is 9.98. The number of para-hydroxylation sites is 1. The summed E-state index contributed by atoms with van der Waals surface area (Å²) in [4.78, 5) is 25.9. The highest BCUT2D eigenvalue weighted by Crippen LogP contribution is 2.21. The highest BCUT2D eigenvalue weighted by Gasteiger charge is 2.32. The number of likely N-dealkylation sites (tertiary alicyclic amines) is 1. The lowest BCUT2D eigenvalue weighted by Gasteiger charge is -2.33. The largest absolute Gasteiger partial charge is 0.444 e. The Balaban J connectivity index is 1.92. The predicted molar refractivity (Wildman–Crippen MR) is 82.6 cm³/mol. The van der Waals surface area contributed by atoms with E-state index in [1.165, 1.54) is 0 Å². The first-order valence-electron chi connectivity index (χ1n) is 7.60. The van der Waals surface area contributed by atoms with Gasteiger partial charge in [-0.3, -0.25) is 4.79 Å². The van der Waals surface area contributed by atoms with E-state index < -0.39 is 5.60 Å². The van der Waals surface area contributed by atoms with Gasteiger partial charge in [0, 0.05) is 13.1 Å². The van der Waals surface area contributed by atoms with Crippen molar-refractivity contribution in [1.29, 1.82) is 0 Å². The SMILES string of the molecule is CC(C)(C)OC(=O)N1CCCC(C(=O)Oc2ccccc2)C1. The van der Waals surface area contributed by atoms with Gasteiger partial charge in [0.1, 0.15) is 11.4 Å². The van der Waals surface area contributed by atoms with Gasteiger partial charge in [-0.25, -0.2) is 4.79 Å². The number of nitrogens with zero attached hydrogens (tertiary/aromatic N) is 1. The molecule has 22 heavy (non-hydrogen) atoms. The Morgan fingerprint density at radius 3 is 2.50 bits per heavy atom. The van der Waals surface area contributed by atoms with Gasteiger partial charge in [0.2, 0.25) is 0 Å². The smallest absolute Gasteiger partial charge is 0.410 e. The molecule has 0 bridgehead atoms. The Morgan fingerprint density at radius 1 is 1.18 bits per heavy atom. The standard InChI is InChI=1S/C17H23NO4/c1-17(2,3)22-16(20)18-11-7-8-13(12-18)15(19)21-14-9-5-4-6-10-14/h4-6,9-10,13H,7-8,11-12H2,1-3H3. The van der Waals surface area contributed by atoms with Crippen LogP contribution in [0.5, 0.6) is 5.75 Å². The number of amides is 1. The van der Waals surface area contributed by atoms with Gasteiger partial charge in [0.15, 0.2) is 0 Å². The van der Waals surface area contributed by atoms with Crippen LogP contribution in [0.2, 0.25) is 0 Å². The predicted octanol–water partition coefficient (Wildman–Crippen LogP) is 3.24. The van der Waals surface area contributed by atoms with Crippen molar-refractivity contribution < 1.29 is 19.1 Å². The van der Waals surface area contributed by atoms with Crippen LogP contribution in [-0.2, 0) is 9.53 Å². The van der Waals surface area contributed by atoms with Crippen molar-refractivity contribution in [2.75, 3.05) is 13.1 Å². The maximum atomic E-state index is 12.2. The van der Waals surface area contributed by atoms with Crippen LogP contribution < -0.4 is 4.74 Å². The number of ether oxygens (including phenoxy) is 2. The summed E-state index contributed by atoms with van der Waals surface area (Å²) in [5.74, 6) is -0.0668. The van der Waals surface area contributed by atoms with E-state index in [0.717, 1.165) is 12.8 Å². The molecule has 0 N–H and O–H groups in total. The Labute approximate surface area is 131 Å². The molecule has 5 heteroatoms. The van der Waals surface area contributed by atoms with Crippen LogP contribution in [0.1, 0.15) is 33.6 Å². The van der Waals surface area contributed by atoms with Gasteiger partial charge in [-0.15, -0.1) is 0 Å². The zero-order chi connectivity index (χ0) is 16.2. The van der Waals surface area contributed by atoms with Crippen molar-refractivity contribution in [2.45, 2.75) is 39.2 Å². The molecule has 0 radical (unpaired) electrons. The van der Waals surface area contributed by atoms with Crippen LogP contribution in [0.15, 0.2) is 30.3 Å². The fourth-order valence-corrected chi connectivity index (χ4v) is 2.35. The molecule has 1 aliphatic heterocycles. The van der Waals surface area contributed by atoms with Gasteiger partial charge in [-0.05, 0) is 45.7 Å². The van der Waals surface area contributed by atoms with E-state index in [1.807, 2.05) is 39.0 Å². The second kappa shape index (κ2) is 6.81. The number of carbonyl (C=O) groups is 2. The number of carbonyl (C=O) groups excluding carboxylic acids is 2. The summed E-state index contributed by atoms with van der Waals surface area (Å²) >= 11 is 0. The quantitative estimate of drug-likeness (QED) is 0.622. The summed E-state index contributed by atoms with van der Waals surface area (Å²) in [7, 11) is 0. The third-order valence-corrected chi connectivity index (χ3v) is 3.37. The topological polar surface area (TPSA) is 55.8 Å². The monoisotopic (exact) mass is 305 g/mol. The van der Waals surface area contributed by atoms with E-state index in [4.69, 9.17) is 9.47 Å². The summed E-state index contributed by atoms with van der Waals surface area (Å²) in [6.07, 6.45) is 1.13. The fraction of sp³-hybridized carbons (Fsp3) is 0.529. The Bertz CT molecular complexity index is 521. The third kappa shape index (κ3) is 4.76. The molecule has 1 unspecified atom stereocenters. The Morgan fingerprint density at radius 2 is 1.86 bits per heavy atom. The number of benzene rings is 1. The average Bonchev–Trinajstić information content (AvgIpc) is 2.46. The summed E-state index contributed by atoms with van der Waals surface area (Å²) in [6.45, 7) is 6.45. The molecule has 1 atom stereocenters. The molecule has 1 amide bonds. The van der Waals surface area contributed by atoms with Crippen molar-refractivity contribution >= 4 is 12.1 Å². The number of hydrogen-bond acceptors (Lipinski definition) is 4. The van der Waals surface area contributed by atoms with Gasteiger partial charge in [-0.2, -0.15) is 0 Å². The van der Waals surface area contributed by atoms with Gasteiger partial charge in [-0.1, -0.05) is 18.2 Å². The summed E-state index contributed by atoms with van der Waals surface area (Å²) in [5, 5.41) is 0. The molecule has 0 aliphatic carbocycles. The summed E-state index contributed by atoms with van der Waals surface area (Å²) < 4.78 is 10.7. The molecule has 5 nitrogen and oxygen atoms in total. The minimum Gasteiger partial charge on any atom is -0.444 e. The molecule has 1 aromatic carbocycles. The lowest BCUT2D eigenvalue weighted by Crippen LogP contribution is -2.45. The van der Waals surface area contributed by atoms with Crippen LogP contribution >= 0.6 is 0 Å². The fourth-order valence-electron chi connectivity index (χ4n) is 2.35. The van der Waals surface area contributed by atoms with Crippen LogP contribution in [0.3, 0.4) is 0 Å². The first-order chi connectivity index (χ1) is 10.3. The summed E-state index contributed by atoms with van der Waals surface area (Å²) in [5.41, 5.74) is -0.533. The Hall–Kier alpha value is -2.04. The maximum absolute atomic E-state index is 12.2. The molecular weight excluding hydrogens is 282 g/mol. The molecular formula is C17H23NO4. The molecule has 1 heterocycles. The number of hydrogen-bond donors (Lipinski definition) is 0. The van der Waals surface area contributed by atoms with Crippen LogP contribution in [0, 0.1) is 5.92 Å². The van der Waals surface area contributed by atoms with Crippen LogP contribution in [-0.4, -0.2) is 35.7 Å². The van der Waals surface area contributed by atoms with Gasteiger partial charge < -0.3 is 14.4 Å². The van der Waals surface area contributed by atoms with E-state index in [2.05, 4.69) is 0 Å². The average molecular weight is 305 g/mol. The van der Waals surface area contributed by atoms with Crippen molar-refractivity contribution in [3.63, 3.8) is 0 Å². The number of piperidine rings is 1. The van der Waals surface area contributed by atoms with E-state index in [-0.39, 0.29) is 18.0 Å². The first-order valence-corrected chi connectivity index (χ1v) is 7.60. The minimum atomic E-state index is -0.533. The van der Waals surface area contributed by atoms with Crippen molar-refractivity contribution in [2.24, 2.45) is 5.92 Å². The van der Waals surface area contributed by atoms with Crippen molar-refractivity contribution in [3.05, 3.63) is 30.3 Å². The second-order valence-electron chi connectivity index (χ2n) is 6.50. The zero-order valence-corrected chi connectivity index (χ0v) is 13.4. The molecule has 120 valence electrons. The normalized spacial score (nSPS) is 18.7. The molecule has 1 aliphatic rings. The number of esters is 1. The maximum Gasteiger partial charge on any atom is 0.410 e. The molecule has 1 fully saturated rings. The zero-order valence-electron chi connectivity index (χ0n) is 13.4. The summed E-state index contributed by atoms with van der Waals surface area (Å²) in [6, 6.07) is 8.98. The van der Waals surface area contributed by atoms with E-state index in [1.54, 1.807) is 17.0 Å². The lowest BCUT2D eigenvalue weighted by molar-refractivity contribution is -0.140. The third-order valence-electron chi connectivity index (χ3n) is 3.37. The van der Waals surface area contributed by atoms with E-state index >= 15 is 0 Å². The van der Waals surface area contributed by atoms with Gasteiger partial charge >= 0.3 is 12.1 Å². The molecule has 1 saturated heterocycles. The molecule has 0 spiro atoms. The number of rotatable bonds is 2. The van der Waals surface area contributed by atoms with Gasteiger partial charge in [0.25, 0.3) is 0 Å². The van der Waals surface area contributed by atoms with E-state index in [0.29, 0.717) is 18.8 Å². The highest BCUT2D eigenvalue weighted by molar-refractivity contribution is 5.77. The first kappa shape index (κ1) is 16.3. The van der Waals surface area contributed by atoms with Gasteiger partial charge in [0.05, 0.1) is 5.92 Å². The molecule has 0 aromatic heterocycles. The molecule has 2 rings (SSSR count). The highest BCUT2D eigenvalue weighted by atomic mass is 16.6. The van der Waals surface area contributed by atoms with Crippen LogP contribution in [0.25, 0.3) is 0 Å². The minimum absolute atomic E-state index is 0.292.